The van der Waals surface area contributed by atoms with Crippen LogP contribution in [0.3, 0.4) is 0 Å². The van der Waals surface area contributed by atoms with E-state index in [1.54, 1.807) is 13.2 Å². The molecule has 2 heteroatoms. The molecule has 0 amide bonds. The number of ketones is 1. The number of allylic oxidation sites excluding steroid dienone is 1. The zero-order valence-corrected chi connectivity index (χ0v) is 11.3. The molecule has 0 aliphatic heterocycles. The highest BCUT2D eigenvalue weighted by molar-refractivity contribution is 5.93. The predicted molar refractivity (Wildman–Crippen MR) is 75.8 cm³/mol. The number of hydrogen-bond acceptors (Lipinski definition) is 2. The first-order valence-electron chi connectivity index (χ1n) is 6.61. The first-order valence-corrected chi connectivity index (χ1v) is 6.61. The standard InChI is InChI=1S/C16H22O2/c1-3-4-5-6-9-15(17)12-11-14-8-7-10-16(13-14)18-2/h7-8,10-13H,3-6,9H2,1-2H3/b12-11-. The molecule has 18 heavy (non-hydrogen) atoms. The minimum Gasteiger partial charge on any atom is -0.497 e. The molecule has 0 N–H and O–H groups in total. The van der Waals surface area contributed by atoms with Crippen LogP contribution < -0.4 is 4.74 Å². The predicted octanol–water partition coefficient (Wildman–Crippen LogP) is 4.25. The van der Waals surface area contributed by atoms with E-state index >= 15 is 0 Å². The van der Waals surface area contributed by atoms with E-state index in [2.05, 4.69) is 6.92 Å². The lowest BCUT2D eigenvalue weighted by molar-refractivity contribution is -0.114. The molecule has 98 valence electrons. The van der Waals surface area contributed by atoms with Crippen LogP contribution in [0.25, 0.3) is 6.08 Å². The van der Waals surface area contributed by atoms with Crippen LogP contribution in [0, 0.1) is 0 Å². The highest BCUT2D eigenvalue weighted by Gasteiger charge is 1.97. The summed E-state index contributed by atoms with van der Waals surface area (Å²) in [6.07, 6.45) is 8.73. The summed E-state index contributed by atoms with van der Waals surface area (Å²) in [7, 11) is 1.64. The molecule has 0 saturated heterocycles. The van der Waals surface area contributed by atoms with Gasteiger partial charge in [0.1, 0.15) is 5.75 Å². The van der Waals surface area contributed by atoms with Crippen LogP contribution in [0.5, 0.6) is 5.75 Å². The monoisotopic (exact) mass is 246 g/mol. The second-order valence-electron chi connectivity index (χ2n) is 4.39. The van der Waals surface area contributed by atoms with Gasteiger partial charge in [0.25, 0.3) is 0 Å². The van der Waals surface area contributed by atoms with Crippen molar-refractivity contribution in [1.82, 2.24) is 0 Å². The molecule has 0 aliphatic carbocycles. The summed E-state index contributed by atoms with van der Waals surface area (Å²) in [5.74, 6) is 1.02. The average Bonchev–Trinajstić information content (AvgIpc) is 2.41. The van der Waals surface area contributed by atoms with Gasteiger partial charge in [0.05, 0.1) is 7.11 Å². The SMILES string of the molecule is CCCCCCC(=O)/C=C\c1cccc(OC)c1. The average molecular weight is 246 g/mol. The van der Waals surface area contributed by atoms with Gasteiger partial charge in [-0.15, -0.1) is 0 Å². The van der Waals surface area contributed by atoms with Crippen LogP contribution in [0.1, 0.15) is 44.6 Å². The number of rotatable bonds is 8. The minimum atomic E-state index is 0.203. The second kappa shape index (κ2) is 8.51. The smallest absolute Gasteiger partial charge is 0.155 e. The molecule has 2 nitrogen and oxygen atoms in total. The van der Waals surface area contributed by atoms with Crippen molar-refractivity contribution in [1.29, 1.82) is 0 Å². The summed E-state index contributed by atoms with van der Waals surface area (Å²) >= 11 is 0. The van der Waals surface area contributed by atoms with Gasteiger partial charge in [-0.25, -0.2) is 0 Å². The van der Waals surface area contributed by atoms with Crippen molar-refractivity contribution in [3.63, 3.8) is 0 Å². The molecule has 0 fully saturated rings. The summed E-state index contributed by atoms with van der Waals surface area (Å²) in [5.41, 5.74) is 0.997. The van der Waals surface area contributed by atoms with Crippen LogP contribution >= 0.6 is 0 Å². The Labute approximate surface area is 110 Å². The van der Waals surface area contributed by atoms with E-state index in [9.17, 15) is 4.79 Å². The van der Waals surface area contributed by atoms with Gasteiger partial charge in [-0.2, -0.15) is 0 Å². The van der Waals surface area contributed by atoms with E-state index in [0.717, 1.165) is 24.2 Å². The Hall–Kier alpha value is -1.57. The lowest BCUT2D eigenvalue weighted by Crippen LogP contribution is -1.92. The van der Waals surface area contributed by atoms with Crippen LogP contribution in [-0.2, 0) is 4.79 Å². The van der Waals surface area contributed by atoms with E-state index in [1.807, 2.05) is 30.3 Å². The van der Waals surface area contributed by atoms with Crippen molar-refractivity contribution in [3.05, 3.63) is 35.9 Å². The maximum atomic E-state index is 11.6. The van der Waals surface area contributed by atoms with Crippen molar-refractivity contribution in [2.24, 2.45) is 0 Å². The van der Waals surface area contributed by atoms with Crippen LogP contribution in [0.4, 0.5) is 0 Å². The topological polar surface area (TPSA) is 26.3 Å². The molecule has 0 heterocycles. The van der Waals surface area contributed by atoms with E-state index in [0.29, 0.717) is 6.42 Å². The van der Waals surface area contributed by atoms with E-state index < -0.39 is 0 Å². The van der Waals surface area contributed by atoms with Crippen molar-refractivity contribution in [2.45, 2.75) is 39.0 Å². The van der Waals surface area contributed by atoms with Gasteiger partial charge >= 0.3 is 0 Å². The molecule has 1 aromatic rings. The lowest BCUT2D eigenvalue weighted by atomic mass is 10.1. The third kappa shape index (κ3) is 5.67. The van der Waals surface area contributed by atoms with Crippen LogP contribution in [0.15, 0.2) is 30.3 Å². The molecule has 0 spiro atoms. The van der Waals surface area contributed by atoms with Gasteiger partial charge in [0.15, 0.2) is 5.78 Å². The minimum absolute atomic E-state index is 0.203. The molecule has 1 aromatic carbocycles. The Bertz CT molecular complexity index is 394. The number of benzene rings is 1. The molecule has 0 saturated carbocycles. The number of methoxy groups -OCH3 is 1. The molecular weight excluding hydrogens is 224 g/mol. The van der Waals surface area contributed by atoms with Crippen molar-refractivity contribution in [3.8, 4) is 5.75 Å². The fourth-order valence-corrected chi connectivity index (χ4v) is 1.74. The van der Waals surface area contributed by atoms with E-state index in [4.69, 9.17) is 4.74 Å². The summed E-state index contributed by atoms with van der Waals surface area (Å²) in [6, 6.07) is 7.69. The molecule has 0 atom stereocenters. The maximum absolute atomic E-state index is 11.6. The number of unbranched alkanes of at least 4 members (excludes halogenated alkanes) is 3. The summed E-state index contributed by atoms with van der Waals surface area (Å²) in [5, 5.41) is 0. The van der Waals surface area contributed by atoms with Gasteiger partial charge in [-0.05, 0) is 30.2 Å². The third-order valence-corrected chi connectivity index (χ3v) is 2.83. The maximum Gasteiger partial charge on any atom is 0.155 e. The van der Waals surface area contributed by atoms with Crippen LogP contribution in [-0.4, -0.2) is 12.9 Å². The summed E-state index contributed by atoms with van der Waals surface area (Å²) in [4.78, 5) is 11.6. The summed E-state index contributed by atoms with van der Waals surface area (Å²) < 4.78 is 5.13. The molecule has 0 unspecified atom stereocenters. The normalized spacial score (nSPS) is 10.8. The highest BCUT2D eigenvalue weighted by atomic mass is 16.5. The first-order chi connectivity index (χ1) is 8.76. The quantitative estimate of drug-likeness (QED) is 0.506. The van der Waals surface area contributed by atoms with Gasteiger partial charge < -0.3 is 4.74 Å². The zero-order valence-electron chi connectivity index (χ0n) is 11.3. The van der Waals surface area contributed by atoms with Crippen molar-refractivity contribution >= 4 is 11.9 Å². The Morgan fingerprint density at radius 2 is 2.11 bits per heavy atom. The van der Waals surface area contributed by atoms with Crippen LogP contribution in [0.2, 0.25) is 0 Å². The van der Waals surface area contributed by atoms with Gasteiger partial charge in [0, 0.05) is 6.42 Å². The zero-order chi connectivity index (χ0) is 13.2. The fraction of sp³-hybridized carbons (Fsp3) is 0.438. The number of ether oxygens (including phenoxy) is 1. The fourth-order valence-electron chi connectivity index (χ4n) is 1.74. The Morgan fingerprint density at radius 1 is 1.28 bits per heavy atom. The largest absolute Gasteiger partial charge is 0.497 e. The number of carbonyl (C=O) groups excluding carboxylic acids is 1. The van der Waals surface area contributed by atoms with Crippen molar-refractivity contribution < 1.29 is 9.53 Å². The molecule has 0 radical (unpaired) electrons. The second-order valence-corrected chi connectivity index (χ2v) is 4.39. The van der Waals surface area contributed by atoms with E-state index in [-0.39, 0.29) is 5.78 Å². The lowest BCUT2D eigenvalue weighted by Gasteiger charge is -2.00. The summed E-state index contributed by atoms with van der Waals surface area (Å²) in [6.45, 7) is 2.17. The molecule has 1 rings (SSSR count). The molecule has 0 aliphatic rings. The molecular formula is C16H22O2. The van der Waals surface area contributed by atoms with Crippen molar-refractivity contribution in [2.75, 3.05) is 7.11 Å². The Balaban J connectivity index is 2.40. The Morgan fingerprint density at radius 3 is 2.83 bits per heavy atom. The number of carbonyl (C=O) groups is 1. The Kier molecular flexibility index (Phi) is 6.85. The van der Waals surface area contributed by atoms with Gasteiger partial charge in [0.2, 0.25) is 0 Å². The molecule has 0 bridgehead atoms. The highest BCUT2D eigenvalue weighted by Crippen LogP contribution is 2.14. The molecule has 0 aromatic heterocycles. The number of hydrogen-bond donors (Lipinski definition) is 0. The van der Waals surface area contributed by atoms with E-state index in [1.165, 1.54) is 12.8 Å². The van der Waals surface area contributed by atoms with Gasteiger partial charge in [-0.1, -0.05) is 44.4 Å². The third-order valence-electron chi connectivity index (χ3n) is 2.83. The first kappa shape index (κ1) is 14.5. The van der Waals surface area contributed by atoms with Gasteiger partial charge in [-0.3, -0.25) is 4.79 Å².